The number of benzene rings is 2. The van der Waals surface area contributed by atoms with Gasteiger partial charge in [0.05, 0.1) is 5.02 Å². The Morgan fingerprint density at radius 3 is 2.55 bits per heavy atom. The quantitative estimate of drug-likeness (QED) is 0.613. The molecule has 0 atom stereocenters. The van der Waals surface area contributed by atoms with Gasteiger partial charge in [-0.1, -0.05) is 35.3 Å². The number of carboxylic acids is 1. The van der Waals surface area contributed by atoms with Crippen LogP contribution in [0.5, 0.6) is 0 Å². The number of aromatic nitrogens is 1. The molecule has 0 aliphatic heterocycles. The van der Waals surface area contributed by atoms with Crippen molar-refractivity contribution in [2.45, 2.75) is 10.6 Å². The molecule has 0 aliphatic rings. The Labute approximate surface area is 141 Å². The minimum atomic E-state index is -0.984. The maximum absolute atomic E-state index is 11.0. The summed E-state index contributed by atoms with van der Waals surface area (Å²) in [6.07, 6.45) is 0. The van der Waals surface area contributed by atoms with Gasteiger partial charge in [0.25, 0.3) is 0 Å². The third-order valence-corrected chi connectivity index (χ3v) is 5.01. The number of aromatic carboxylic acids is 1. The van der Waals surface area contributed by atoms with E-state index < -0.39 is 5.97 Å². The summed E-state index contributed by atoms with van der Waals surface area (Å²) in [5.41, 5.74) is 2.02. The number of carbonyl (C=O) groups is 1. The molecular formula is C16H11Cl2NO2S. The minimum absolute atomic E-state index is 0.158. The molecule has 0 saturated carbocycles. The second kappa shape index (κ2) is 6.24. The van der Waals surface area contributed by atoms with E-state index in [4.69, 9.17) is 28.3 Å². The van der Waals surface area contributed by atoms with Gasteiger partial charge in [0.15, 0.2) is 0 Å². The van der Waals surface area contributed by atoms with E-state index in [9.17, 15) is 4.79 Å². The third-order valence-electron chi connectivity index (χ3n) is 3.21. The van der Waals surface area contributed by atoms with Crippen LogP contribution < -0.4 is 0 Å². The van der Waals surface area contributed by atoms with E-state index in [2.05, 4.69) is 4.98 Å². The van der Waals surface area contributed by atoms with Crippen LogP contribution in [-0.4, -0.2) is 16.1 Å². The van der Waals surface area contributed by atoms with Crippen LogP contribution in [0.25, 0.3) is 10.9 Å². The summed E-state index contributed by atoms with van der Waals surface area (Å²) >= 11 is 13.7. The molecule has 0 aliphatic carbocycles. The number of hydrogen-bond donors (Lipinski definition) is 2. The molecule has 0 bridgehead atoms. The molecule has 22 heavy (non-hydrogen) atoms. The summed E-state index contributed by atoms with van der Waals surface area (Å²) in [5, 5.41) is 11.2. The molecule has 0 spiro atoms. The predicted octanol–water partition coefficient (Wildman–Crippen LogP) is 5.47. The number of aromatic amines is 1. The highest BCUT2D eigenvalue weighted by atomic mass is 35.5. The van der Waals surface area contributed by atoms with Gasteiger partial charge in [-0.2, -0.15) is 0 Å². The lowest BCUT2D eigenvalue weighted by molar-refractivity contribution is 0.0691. The molecule has 6 heteroatoms. The first-order valence-electron chi connectivity index (χ1n) is 6.46. The first kappa shape index (κ1) is 15.3. The van der Waals surface area contributed by atoms with Gasteiger partial charge >= 0.3 is 5.97 Å². The Morgan fingerprint density at radius 1 is 1.14 bits per heavy atom. The average Bonchev–Trinajstić information content (AvgIpc) is 2.89. The largest absolute Gasteiger partial charge is 0.477 e. The van der Waals surface area contributed by atoms with Crippen molar-refractivity contribution >= 4 is 51.8 Å². The molecule has 3 aromatic rings. The standard InChI is InChI=1S/C16H11Cl2NO2S/c17-11-3-1-9(2-4-11)8-22-15-6-10-5-14(16(20)21)19-13(10)7-12(15)18/h1-7,19H,8H2,(H,20,21). The van der Waals surface area contributed by atoms with Crippen molar-refractivity contribution in [2.75, 3.05) is 0 Å². The fraction of sp³-hybridized carbons (Fsp3) is 0.0625. The van der Waals surface area contributed by atoms with Crippen LogP contribution in [0.4, 0.5) is 0 Å². The molecule has 112 valence electrons. The molecule has 1 heterocycles. The highest BCUT2D eigenvalue weighted by Crippen LogP contribution is 2.33. The number of carboxylic acid groups (broad SMARTS) is 1. The maximum Gasteiger partial charge on any atom is 0.352 e. The summed E-state index contributed by atoms with van der Waals surface area (Å²) in [5.74, 6) is -0.221. The van der Waals surface area contributed by atoms with E-state index >= 15 is 0 Å². The summed E-state index contributed by atoms with van der Waals surface area (Å²) in [6.45, 7) is 0. The summed E-state index contributed by atoms with van der Waals surface area (Å²) in [4.78, 5) is 14.8. The van der Waals surface area contributed by atoms with Crippen LogP contribution in [-0.2, 0) is 5.75 Å². The number of thioether (sulfide) groups is 1. The fourth-order valence-corrected chi connectivity index (χ4v) is 3.48. The van der Waals surface area contributed by atoms with E-state index in [0.717, 1.165) is 27.1 Å². The monoisotopic (exact) mass is 351 g/mol. The van der Waals surface area contributed by atoms with Crippen molar-refractivity contribution in [3.8, 4) is 0 Å². The normalized spacial score (nSPS) is 11.0. The number of rotatable bonds is 4. The van der Waals surface area contributed by atoms with Crippen LogP contribution >= 0.6 is 35.0 Å². The van der Waals surface area contributed by atoms with Crippen molar-refractivity contribution in [1.82, 2.24) is 4.98 Å². The summed E-state index contributed by atoms with van der Waals surface area (Å²) in [7, 11) is 0. The van der Waals surface area contributed by atoms with Crippen LogP contribution in [0.15, 0.2) is 47.4 Å². The minimum Gasteiger partial charge on any atom is -0.477 e. The molecule has 2 N–H and O–H groups in total. The molecule has 0 amide bonds. The molecule has 2 aromatic carbocycles. The van der Waals surface area contributed by atoms with Gasteiger partial charge in [0.1, 0.15) is 5.69 Å². The Kier molecular flexibility index (Phi) is 4.34. The van der Waals surface area contributed by atoms with E-state index in [0.29, 0.717) is 10.0 Å². The number of halogens is 2. The Hall–Kier alpha value is -1.62. The van der Waals surface area contributed by atoms with Gasteiger partial charge in [0, 0.05) is 26.6 Å². The highest BCUT2D eigenvalue weighted by Gasteiger charge is 2.10. The zero-order valence-electron chi connectivity index (χ0n) is 11.3. The molecule has 0 fully saturated rings. The Balaban J connectivity index is 1.85. The highest BCUT2D eigenvalue weighted by molar-refractivity contribution is 7.98. The van der Waals surface area contributed by atoms with Crippen LogP contribution in [0.3, 0.4) is 0 Å². The van der Waals surface area contributed by atoms with Gasteiger partial charge in [-0.15, -0.1) is 11.8 Å². The van der Waals surface area contributed by atoms with Gasteiger partial charge in [-0.25, -0.2) is 4.79 Å². The van der Waals surface area contributed by atoms with Gasteiger partial charge in [0.2, 0.25) is 0 Å². The smallest absolute Gasteiger partial charge is 0.352 e. The molecule has 0 saturated heterocycles. The van der Waals surface area contributed by atoms with E-state index in [1.54, 1.807) is 23.9 Å². The molecular weight excluding hydrogens is 341 g/mol. The second-order valence-corrected chi connectivity index (χ2v) is 6.63. The first-order chi connectivity index (χ1) is 10.5. The molecule has 0 unspecified atom stereocenters. The van der Waals surface area contributed by atoms with E-state index in [1.165, 1.54) is 0 Å². The molecule has 0 radical (unpaired) electrons. The Morgan fingerprint density at radius 2 is 1.86 bits per heavy atom. The number of hydrogen-bond acceptors (Lipinski definition) is 2. The number of H-pyrrole nitrogens is 1. The fourth-order valence-electron chi connectivity index (χ4n) is 2.10. The maximum atomic E-state index is 11.0. The molecule has 1 aromatic heterocycles. The van der Waals surface area contributed by atoms with Gasteiger partial charge < -0.3 is 10.1 Å². The SMILES string of the molecule is O=C(O)c1cc2cc(SCc3ccc(Cl)cc3)c(Cl)cc2[nH]1. The Bertz CT molecular complexity index is 843. The zero-order valence-corrected chi connectivity index (χ0v) is 13.6. The lowest BCUT2D eigenvalue weighted by atomic mass is 10.2. The van der Waals surface area contributed by atoms with Crippen molar-refractivity contribution in [2.24, 2.45) is 0 Å². The molecule has 3 nitrogen and oxygen atoms in total. The van der Waals surface area contributed by atoms with Gasteiger partial charge in [-0.05, 0) is 35.9 Å². The lowest BCUT2D eigenvalue weighted by Gasteiger charge is -2.05. The van der Waals surface area contributed by atoms with Crippen molar-refractivity contribution in [3.05, 3.63) is 63.8 Å². The van der Waals surface area contributed by atoms with Crippen LogP contribution in [0.1, 0.15) is 16.1 Å². The van der Waals surface area contributed by atoms with Crippen LogP contribution in [0, 0.1) is 0 Å². The second-order valence-electron chi connectivity index (χ2n) is 4.77. The topological polar surface area (TPSA) is 53.1 Å². The first-order valence-corrected chi connectivity index (χ1v) is 8.20. The summed E-state index contributed by atoms with van der Waals surface area (Å²) in [6, 6.07) is 12.9. The van der Waals surface area contributed by atoms with Crippen molar-refractivity contribution in [1.29, 1.82) is 0 Å². The summed E-state index contributed by atoms with van der Waals surface area (Å²) < 4.78 is 0. The predicted molar refractivity (Wildman–Crippen MR) is 91.3 cm³/mol. The number of fused-ring (bicyclic) bond motifs is 1. The number of nitrogens with one attached hydrogen (secondary N) is 1. The lowest BCUT2D eigenvalue weighted by Crippen LogP contribution is -1.94. The van der Waals surface area contributed by atoms with E-state index in [-0.39, 0.29) is 5.69 Å². The van der Waals surface area contributed by atoms with Crippen molar-refractivity contribution < 1.29 is 9.90 Å². The average molecular weight is 352 g/mol. The zero-order chi connectivity index (χ0) is 15.7. The van der Waals surface area contributed by atoms with Crippen LogP contribution in [0.2, 0.25) is 10.0 Å². The van der Waals surface area contributed by atoms with Gasteiger partial charge in [-0.3, -0.25) is 0 Å². The van der Waals surface area contributed by atoms with Crippen molar-refractivity contribution in [3.63, 3.8) is 0 Å². The van der Waals surface area contributed by atoms with E-state index in [1.807, 2.05) is 30.3 Å². The third kappa shape index (κ3) is 3.24. The molecule has 3 rings (SSSR count).